The van der Waals surface area contributed by atoms with E-state index in [0.29, 0.717) is 6.61 Å². The van der Waals surface area contributed by atoms with Gasteiger partial charge in [0, 0.05) is 11.1 Å². The fourth-order valence-corrected chi connectivity index (χ4v) is 2.28. The van der Waals surface area contributed by atoms with E-state index < -0.39 is 0 Å². The minimum Gasteiger partial charge on any atom is -0.493 e. The van der Waals surface area contributed by atoms with Crippen molar-refractivity contribution in [3.8, 4) is 16.9 Å². The van der Waals surface area contributed by atoms with Crippen molar-refractivity contribution in [3.63, 3.8) is 0 Å². The zero-order valence-corrected chi connectivity index (χ0v) is 12.8. The van der Waals surface area contributed by atoms with E-state index in [2.05, 4.69) is 56.0 Å². The van der Waals surface area contributed by atoms with E-state index in [4.69, 9.17) is 4.74 Å². The summed E-state index contributed by atoms with van der Waals surface area (Å²) < 4.78 is 5.93. The van der Waals surface area contributed by atoms with Gasteiger partial charge in [-0.15, -0.1) is 0 Å². The van der Waals surface area contributed by atoms with Crippen LogP contribution in [0.15, 0.2) is 67.3 Å². The van der Waals surface area contributed by atoms with Gasteiger partial charge in [-0.1, -0.05) is 74.2 Å². The number of rotatable bonds is 6. The van der Waals surface area contributed by atoms with Crippen molar-refractivity contribution >= 4 is 5.57 Å². The Balaban J connectivity index is 2.52. The van der Waals surface area contributed by atoms with Crippen LogP contribution < -0.4 is 4.74 Å². The minimum absolute atomic E-state index is 0.640. The van der Waals surface area contributed by atoms with Crippen LogP contribution in [0.1, 0.15) is 25.8 Å². The maximum Gasteiger partial charge on any atom is 0.134 e. The summed E-state index contributed by atoms with van der Waals surface area (Å²) in [6.07, 6.45) is 5.18. The highest BCUT2D eigenvalue weighted by Gasteiger charge is 2.12. The molecule has 0 atom stereocenters. The molecule has 0 aliphatic rings. The van der Waals surface area contributed by atoms with Crippen molar-refractivity contribution in [3.05, 3.63) is 72.8 Å². The van der Waals surface area contributed by atoms with Crippen LogP contribution in [0.2, 0.25) is 0 Å². The molecule has 0 unspecified atom stereocenters. The van der Waals surface area contributed by atoms with Gasteiger partial charge >= 0.3 is 0 Å². The molecular weight excluding hydrogens is 256 g/mol. The third kappa shape index (κ3) is 3.63. The first kappa shape index (κ1) is 15.1. The van der Waals surface area contributed by atoms with E-state index in [9.17, 15) is 0 Å². The smallest absolute Gasteiger partial charge is 0.134 e. The molecule has 0 aliphatic carbocycles. The second-order valence-electron chi connectivity index (χ2n) is 4.82. The van der Waals surface area contributed by atoms with Gasteiger partial charge in [0.2, 0.25) is 0 Å². The van der Waals surface area contributed by atoms with E-state index in [1.54, 1.807) is 0 Å². The van der Waals surface area contributed by atoms with Gasteiger partial charge in [-0.2, -0.15) is 0 Å². The Morgan fingerprint density at radius 1 is 1.05 bits per heavy atom. The summed E-state index contributed by atoms with van der Waals surface area (Å²) in [7, 11) is 0. The largest absolute Gasteiger partial charge is 0.493 e. The number of allylic oxidation sites excluding steroid dienone is 3. The number of hydrogen-bond donors (Lipinski definition) is 0. The molecule has 0 aliphatic heterocycles. The quantitative estimate of drug-likeness (QED) is 0.613. The molecule has 1 heteroatoms. The van der Waals surface area contributed by atoms with Crippen LogP contribution in [-0.4, -0.2) is 6.61 Å². The zero-order valence-electron chi connectivity index (χ0n) is 12.8. The third-order valence-electron chi connectivity index (χ3n) is 3.29. The average molecular weight is 278 g/mol. The number of ether oxygens (including phenoxy) is 1. The summed E-state index contributed by atoms with van der Waals surface area (Å²) in [6.45, 7) is 8.94. The number of benzene rings is 2. The standard InChI is InChI=1S/C20H22O/c1-4-6-11-16(3)18-14-10-15-19(20(18)21-5-2)17-12-8-7-9-13-17/h6-15H,3-5H2,1-2H3/b11-6-. The molecule has 0 amide bonds. The van der Waals surface area contributed by atoms with Crippen molar-refractivity contribution < 1.29 is 4.74 Å². The van der Waals surface area contributed by atoms with Gasteiger partial charge in [-0.05, 0) is 24.5 Å². The summed E-state index contributed by atoms with van der Waals surface area (Å²) in [4.78, 5) is 0. The van der Waals surface area contributed by atoms with Crippen LogP contribution in [0.25, 0.3) is 16.7 Å². The molecule has 0 heterocycles. The molecule has 2 rings (SSSR count). The third-order valence-corrected chi connectivity index (χ3v) is 3.29. The number of hydrogen-bond acceptors (Lipinski definition) is 1. The lowest BCUT2D eigenvalue weighted by atomic mass is 9.97. The Kier molecular flexibility index (Phi) is 5.39. The van der Waals surface area contributed by atoms with Gasteiger partial charge in [-0.25, -0.2) is 0 Å². The van der Waals surface area contributed by atoms with Gasteiger partial charge in [0.05, 0.1) is 6.61 Å². The Morgan fingerprint density at radius 2 is 1.81 bits per heavy atom. The molecule has 0 fully saturated rings. The molecule has 21 heavy (non-hydrogen) atoms. The summed E-state index contributed by atoms with van der Waals surface area (Å²) >= 11 is 0. The lowest BCUT2D eigenvalue weighted by Crippen LogP contribution is -1.98. The second-order valence-corrected chi connectivity index (χ2v) is 4.82. The first-order valence-electron chi connectivity index (χ1n) is 7.45. The molecule has 0 saturated heterocycles. The predicted molar refractivity (Wildman–Crippen MR) is 91.5 cm³/mol. The van der Waals surface area contributed by atoms with Gasteiger partial charge in [0.1, 0.15) is 5.75 Å². The fraction of sp³-hybridized carbons (Fsp3) is 0.200. The summed E-state index contributed by atoms with van der Waals surface area (Å²) in [5, 5.41) is 0. The summed E-state index contributed by atoms with van der Waals surface area (Å²) in [6, 6.07) is 16.5. The molecule has 0 bridgehead atoms. The van der Waals surface area contributed by atoms with Crippen LogP contribution in [-0.2, 0) is 0 Å². The topological polar surface area (TPSA) is 9.23 Å². The molecule has 0 saturated carbocycles. The Labute approximate surface area is 127 Å². The van der Waals surface area contributed by atoms with Crippen molar-refractivity contribution in [2.75, 3.05) is 6.61 Å². The molecule has 0 N–H and O–H groups in total. The highest BCUT2D eigenvalue weighted by molar-refractivity contribution is 5.83. The molecule has 2 aromatic rings. The van der Waals surface area contributed by atoms with E-state index in [1.807, 2.05) is 25.1 Å². The molecule has 0 spiro atoms. The van der Waals surface area contributed by atoms with E-state index in [0.717, 1.165) is 34.4 Å². The van der Waals surface area contributed by atoms with Gasteiger partial charge in [-0.3, -0.25) is 0 Å². The monoisotopic (exact) mass is 278 g/mol. The molecule has 2 aromatic carbocycles. The summed E-state index contributed by atoms with van der Waals surface area (Å²) in [5.74, 6) is 0.914. The maximum absolute atomic E-state index is 5.93. The predicted octanol–water partition coefficient (Wildman–Crippen LogP) is 5.73. The Morgan fingerprint density at radius 3 is 2.48 bits per heavy atom. The van der Waals surface area contributed by atoms with Crippen LogP contribution >= 0.6 is 0 Å². The minimum atomic E-state index is 0.640. The maximum atomic E-state index is 5.93. The lowest BCUT2D eigenvalue weighted by Gasteiger charge is -2.15. The Hall–Kier alpha value is -2.28. The SMILES string of the molecule is C=C(/C=C\CC)c1cccc(-c2ccccc2)c1OCC. The van der Waals surface area contributed by atoms with Gasteiger partial charge in [0.25, 0.3) is 0 Å². The normalized spacial score (nSPS) is 10.8. The highest BCUT2D eigenvalue weighted by Crippen LogP contribution is 2.36. The van der Waals surface area contributed by atoms with Gasteiger partial charge < -0.3 is 4.74 Å². The highest BCUT2D eigenvalue weighted by atomic mass is 16.5. The first-order valence-corrected chi connectivity index (χ1v) is 7.45. The Bertz CT molecular complexity index is 624. The van der Waals surface area contributed by atoms with E-state index in [1.165, 1.54) is 0 Å². The second kappa shape index (κ2) is 7.49. The molecule has 0 radical (unpaired) electrons. The van der Waals surface area contributed by atoms with Crippen molar-refractivity contribution in [2.24, 2.45) is 0 Å². The number of para-hydroxylation sites is 1. The van der Waals surface area contributed by atoms with Gasteiger partial charge in [0.15, 0.2) is 0 Å². The van der Waals surface area contributed by atoms with Crippen molar-refractivity contribution in [1.29, 1.82) is 0 Å². The van der Waals surface area contributed by atoms with Crippen LogP contribution in [0.3, 0.4) is 0 Å². The summed E-state index contributed by atoms with van der Waals surface area (Å²) in [5.41, 5.74) is 4.32. The lowest BCUT2D eigenvalue weighted by molar-refractivity contribution is 0.341. The van der Waals surface area contributed by atoms with Crippen LogP contribution in [0.5, 0.6) is 5.75 Å². The van der Waals surface area contributed by atoms with Crippen molar-refractivity contribution in [2.45, 2.75) is 20.3 Å². The average Bonchev–Trinajstić information content (AvgIpc) is 2.54. The molecular formula is C20H22O. The van der Waals surface area contributed by atoms with Crippen LogP contribution in [0, 0.1) is 0 Å². The molecule has 0 aromatic heterocycles. The zero-order chi connectivity index (χ0) is 15.1. The van der Waals surface area contributed by atoms with E-state index >= 15 is 0 Å². The van der Waals surface area contributed by atoms with Crippen LogP contribution in [0.4, 0.5) is 0 Å². The van der Waals surface area contributed by atoms with E-state index in [-0.39, 0.29) is 0 Å². The molecule has 108 valence electrons. The molecule has 1 nitrogen and oxygen atoms in total. The van der Waals surface area contributed by atoms with Crippen molar-refractivity contribution in [1.82, 2.24) is 0 Å². The fourth-order valence-electron chi connectivity index (χ4n) is 2.28. The first-order chi connectivity index (χ1) is 10.3.